The zero-order valence-corrected chi connectivity index (χ0v) is 14.2. The molecule has 0 bridgehead atoms. The second kappa shape index (κ2) is 6.90. The van der Waals surface area contributed by atoms with Crippen LogP contribution in [-0.2, 0) is 0 Å². The van der Waals surface area contributed by atoms with Crippen molar-refractivity contribution in [2.45, 2.75) is 19.8 Å². The van der Waals surface area contributed by atoms with E-state index in [2.05, 4.69) is 15.3 Å². The minimum absolute atomic E-state index is 0.599. The van der Waals surface area contributed by atoms with Crippen LogP contribution in [0.4, 0.5) is 5.82 Å². The van der Waals surface area contributed by atoms with Crippen LogP contribution in [0.25, 0.3) is 5.69 Å². The highest BCUT2D eigenvalue weighted by Gasteiger charge is 2.12. The van der Waals surface area contributed by atoms with Crippen LogP contribution < -0.4 is 5.32 Å². The molecule has 2 heterocycles. The smallest absolute Gasteiger partial charge is 0.148 e. The lowest BCUT2D eigenvalue weighted by Crippen LogP contribution is -2.26. The van der Waals surface area contributed by atoms with Gasteiger partial charge in [0.2, 0.25) is 0 Å². The van der Waals surface area contributed by atoms with E-state index in [1.165, 1.54) is 25.9 Å². The van der Waals surface area contributed by atoms with Crippen molar-refractivity contribution in [2.75, 3.05) is 31.5 Å². The molecule has 0 saturated carbocycles. The Morgan fingerprint density at radius 3 is 2.68 bits per heavy atom. The quantitative estimate of drug-likeness (QED) is 0.894. The molecule has 6 heteroatoms. The van der Waals surface area contributed by atoms with Crippen LogP contribution in [0, 0.1) is 6.92 Å². The summed E-state index contributed by atoms with van der Waals surface area (Å²) in [6.07, 6.45) is 2.64. The molecule has 22 heavy (non-hydrogen) atoms. The molecule has 3 rings (SSSR count). The number of anilines is 1. The van der Waals surface area contributed by atoms with E-state index in [0.29, 0.717) is 10.0 Å². The van der Waals surface area contributed by atoms with Crippen molar-refractivity contribution < 1.29 is 0 Å². The van der Waals surface area contributed by atoms with Crippen LogP contribution in [0.3, 0.4) is 0 Å². The monoisotopic (exact) mass is 338 g/mol. The fourth-order valence-electron chi connectivity index (χ4n) is 2.81. The normalized spacial score (nSPS) is 15.4. The molecular weight excluding hydrogens is 319 g/mol. The highest BCUT2D eigenvalue weighted by atomic mass is 35.5. The number of nitrogens with zero attached hydrogens (tertiary/aromatic N) is 3. The van der Waals surface area contributed by atoms with Gasteiger partial charge in [0.15, 0.2) is 0 Å². The molecule has 0 aliphatic carbocycles. The summed E-state index contributed by atoms with van der Waals surface area (Å²) in [5.74, 6) is 0.878. The summed E-state index contributed by atoms with van der Waals surface area (Å²) >= 11 is 12.2. The second-order valence-corrected chi connectivity index (χ2v) is 6.50. The van der Waals surface area contributed by atoms with Crippen molar-refractivity contribution in [3.05, 3.63) is 40.0 Å². The molecule has 1 aromatic heterocycles. The number of benzene rings is 1. The third kappa shape index (κ3) is 3.57. The largest absolute Gasteiger partial charge is 0.367 e. The van der Waals surface area contributed by atoms with Gasteiger partial charge in [0.1, 0.15) is 5.82 Å². The topological polar surface area (TPSA) is 33.1 Å². The molecule has 1 aliphatic heterocycles. The first-order valence-corrected chi connectivity index (χ1v) is 8.37. The lowest BCUT2D eigenvalue weighted by molar-refractivity contribution is 0.352. The maximum atomic E-state index is 6.26. The zero-order valence-electron chi connectivity index (χ0n) is 12.6. The van der Waals surface area contributed by atoms with Gasteiger partial charge in [0.05, 0.1) is 10.7 Å². The molecule has 1 aromatic carbocycles. The zero-order chi connectivity index (χ0) is 15.5. The van der Waals surface area contributed by atoms with E-state index in [1.54, 1.807) is 6.07 Å². The number of hydrogen-bond acceptors (Lipinski definition) is 3. The van der Waals surface area contributed by atoms with Crippen molar-refractivity contribution in [3.8, 4) is 5.69 Å². The summed E-state index contributed by atoms with van der Waals surface area (Å²) in [4.78, 5) is 2.48. The first kappa shape index (κ1) is 15.7. The second-order valence-electron chi connectivity index (χ2n) is 5.65. The van der Waals surface area contributed by atoms with E-state index < -0.39 is 0 Å². The SMILES string of the molecule is Cc1cc(NCCN2CCCC2)nn1-c1ccc(Cl)cc1Cl. The van der Waals surface area contributed by atoms with Crippen molar-refractivity contribution in [1.82, 2.24) is 14.7 Å². The fraction of sp³-hybridized carbons (Fsp3) is 0.438. The predicted octanol–water partition coefficient (Wildman–Crippen LogP) is 4.00. The van der Waals surface area contributed by atoms with Crippen LogP contribution in [-0.4, -0.2) is 40.9 Å². The van der Waals surface area contributed by atoms with E-state index in [-0.39, 0.29) is 0 Å². The summed E-state index contributed by atoms with van der Waals surface area (Å²) < 4.78 is 1.84. The first-order chi connectivity index (χ1) is 10.6. The molecule has 0 unspecified atom stereocenters. The molecule has 0 spiro atoms. The highest BCUT2D eigenvalue weighted by molar-refractivity contribution is 6.35. The maximum absolute atomic E-state index is 6.26. The van der Waals surface area contributed by atoms with Gasteiger partial charge in [-0.25, -0.2) is 4.68 Å². The van der Waals surface area contributed by atoms with Crippen LogP contribution in [0.2, 0.25) is 10.0 Å². The van der Waals surface area contributed by atoms with Crippen molar-refractivity contribution >= 4 is 29.0 Å². The van der Waals surface area contributed by atoms with Gasteiger partial charge >= 0.3 is 0 Å². The fourth-order valence-corrected chi connectivity index (χ4v) is 3.29. The number of aromatic nitrogens is 2. The molecule has 0 amide bonds. The number of halogens is 2. The molecule has 1 fully saturated rings. The Hall–Kier alpha value is -1.23. The van der Waals surface area contributed by atoms with Gasteiger partial charge in [-0.1, -0.05) is 23.2 Å². The van der Waals surface area contributed by atoms with Crippen LogP contribution >= 0.6 is 23.2 Å². The summed E-state index contributed by atoms with van der Waals surface area (Å²) in [5, 5.41) is 9.21. The number of nitrogens with one attached hydrogen (secondary N) is 1. The molecule has 0 radical (unpaired) electrons. The van der Waals surface area contributed by atoms with Crippen molar-refractivity contribution in [3.63, 3.8) is 0 Å². The average molecular weight is 339 g/mol. The molecule has 1 saturated heterocycles. The highest BCUT2D eigenvalue weighted by Crippen LogP contribution is 2.26. The maximum Gasteiger partial charge on any atom is 0.148 e. The van der Waals surface area contributed by atoms with E-state index in [9.17, 15) is 0 Å². The molecule has 2 aromatic rings. The van der Waals surface area contributed by atoms with Gasteiger partial charge in [0.25, 0.3) is 0 Å². The summed E-state index contributed by atoms with van der Waals surface area (Å²) in [7, 11) is 0. The summed E-state index contributed by atoms with van der Waals surface area (Å²) in [5.41, 5.74) is 1.88. The number of likely N-dealkylation sites (tertiary alicyclic amines) is 1. The predicted molar refractivity (Wildman–Crippen MR) is 92.5 cm³/mol. The number of rotatable bonds is 5. The van der Waals surface area contributed by atoms with Gasteiger partial charge in [0, 0.05) is 29.9 Å². The lowest BCUT2D eigenvalue weighted by Gasteiger charge is -2.14. The van der Waals surface area contributed by atoms with Gasteiger partial charge < -0.3 is 10.2 Å². The van der Waals surface area contributed by atoms with Crippen molar-refractivity contribution in [1.29, 1.82) is 0 Å². The van der Waals surface area contributed by atoms with Crippen molar-refractivity contribution in [2.24, 2.45) is 0 Å². The van der Waals surface area contributed by atoms with Gasteiger partial charge in [-0.2, -0.15) is 5.10 Å². The lowest BCUT2D eigenvalue weighted by atomic mass is 10.3. The third-order valence-corrected chi connectivity index (χ3v) is 4.50. The van der Waals surface area contributed by atoms with E-state index in [0.717, 1.165) is 30.3 Å². The standard InChI is InChI=1S/C16H20Cl2N4/c1-12-10-16(19-6-9-21-7-2-3-8-21)20-22(12)15-5-4-13(17)11-14(15)18/h4-5,10-11H,2-3,6-9H2,1H3,(H,19,20). The molecule has 1 N–H and O–H groups in total. The van der Waals surface area contributed by atoms with E-state index >= 15 is 0 Å². The number of hydrogen-bond donors (Lipinski definition) is 1. The first-order valence-electron chi connectivity index (χ1n) is 7.62. The Balaban J connectivity index is 1.67. The third-order valence-electron chi connectivity index (χ3n) is 3.96. The van der Waals surface area contributed by atoms with Crippen LogP contribution in [0.5, 0.6) is 0 Å². The molecule has 118 valence electrons. The molecule has 0 atom stereocenters. The average Bonchev–Trinajstić information content (AvgIpc) is 3.09. The van der Waals surface area contributed by atoms with Gasteiger partial charge in [-0.05, 0) is 51.1 Å². The Labute approximate surface area is 141 Å². The Kier molecular flexibility index (Phi) is 4.91. The summed E-state index contributed by atoms with van der Waals surface area (Å²) in [6.45, 7) is 6.42. The Morgan fingerprint density at radius 1 is 1.18 bits per heavy atom. The van der Waals surface area contributed by atoms with Gasteiger partial charge in [-0.3, -0.25) is 0 Å². The Morgan fingerprint density at radius 2 is 1.95 bits per heavy atom. The van der Waals surface area contributed by atoms with Crippen LogP contribution in [0.15, 0.2) is 24.3 Å². The molecule has 4 nitrogen and oxygen atoms in total. The van der Waals surface area contributed by atoms with E-state index in [1.807, 2.05) is 29.8 Å². The molecular formula is C16H20Cl2N4. The van der Waals surface area contributed by atoms with E-state index in [4.69, 9.17) is 23.2 Å². The van der Waals surface area contributed by atoms with Gasteiger partial charge in [-0.15, -0.1) is 0 Å². The molecule has 1 aliphatic rings. The summed E-state index contributed by atoms with van der Waals surface area (Å²) in [6, 6.07) is 7.48. The number of aryl methyl sites for hydroxylation is 1. The minimum Gasteiger partial charge on any atom is -0.367 e. The van der Waals surface area contributed by atoms with Crippen LogP contribution in [0.1, 0.15) is 18.5 Å². The Bertz CT molecular complexity index is 648. The minimum atomic E-state index is 0.599.